The maximum atomic E-state index is 12.1. The predicted molar refractivity (Wildman–Crippen MR) is 75.7 cm³/mol. The van der Waals surface area contributed by atoms with Gasteiger partial charge in [0.15, 0.2) is 0 Å². The van der Waals surface area contributed by atoms with Gasteiger partial charge >= 0.3 is 0 Å². The summed E-state index contributed by atoms with van der Waals surface area (Å²) in [5.41, 5.74) is 1.83. The van der Waals surface area contributed by atoms with Crippen molar-refractivity contribution < 1.29 is 8.42 Å². The number of aryl methyl sites for hydroxylation is 2. The van der Waals surface area contributed by atoms with E-state index in [1.165, 1.54) is 0 Å². The Labute approximate surface area is 115 Å². The molecule has 0 heterocycles. The van der Waals surface area contributed by atoms with Crippen LogP contribution in [0.3, 0.4) is 0 Å². The van der Waals surface area contributed by atoms with Crippen molar-refractivity contribution in [1.82, 2.24) is 4.72 Å². The van der Waals surface area contributed by atoms with Crippen LogP contribution in [-0.4, -0.2) is 20.3 Å². The summed E-state index contributed by atoms with van der Waals surface area (Å²) in [5.74, 6) is 0. The van der Waals surface area contributed by atoms with Crippen LogP contribution in [0.5, 0.6) is 0 Å². The molecule has 5 heteroatoms. The van der Waals surface area contributed by atoms with Crippen LogP contribution in [-0.2, 0) is 10.0 Å². The molecule has 102 valence electrons. The molecule has 0 amide bonds. The summed E-state index contributed by atoms with van der Waals surface area (Å²) in [7, 11) is -3.40. The highest BCUT2D eigenvalue weighted by atomic mass is 35.5. The molecule has 0 spiro atoms. The zero-order valence-electron chi connectivity index (χ0n) is 11.0. The second kappa shape index (κ2) is 6.55. The van der Waals surface area contributed by atoms with E-state index in [1.807, 2.05) is 32.9 Å². The normalized spacial score (nSPS) is 13.6. The van der Waals surface area contributed by atoms with Crippen molar-refractivity contribution in [3.63, 3.8) is 0 Å². The van der Waals surface area contributed by atoms with E-state index in [-0.39, 0.29) is 5.38 Å². The van der Waals surface area contributed by atoms with E-state index in [2.05, 4.69) is 4.72 Å². The van der Waals surface area contributed by atoms with Gasteiger partial charge in [-0.3, -0.25) is 0 Å². The Hall–Kier alpha value is -0.580. The average molecular weight is 290 g/mol. The van der Waals surface area contributed by atoms with E-state index in [1.54, 1.807) is 6.07 Å². The summed E-state index contributed by atoms with van der Waals surface area (Å²) in [6.45, 7) is 6.08. The Morgan fingerprint density at radius 2 is 2.00 bits per heavy atom. The highest BCUT2D eigenvalue weighted by Crippen LogP contribution is 2.16. The fourth-order valence-corrected chi connectivity index (χ4v) is 3.22. The first-order valence-electron chi connectivity index (χ1n) is 6.04. The number of rotatable bonds is 6. The summed E-state index contributed by atoms with van der Waals surface area (Å²) in [6, 6.07) is 5.33. The average Bonchev–Trinajstić information content (AvgIpc) is 2.23. The van der Waals surface area contributed by atoms with Gasteiger partial charge in [-0.2, -0.15) is 0 Å². The zero-order valence-corrected chi connectivity index (χ0v) is 12.6. The smallest absolute Gasteiger partial charge is 0.211 e. The lowest BCUT2D eigenvalue weighted by atomic mass is 10.2. The van der Waals surface area contributed by atoms with Crippen molar-refractivity contribution in [3.05, 3.63) is 29.3 Å². The third-order valence-corrected chi connectivity index (χ3v) is 4.53. The van der Waals surface area contributed by atoms with Gasteiger partial charge < -0.3 is 0 Å². The van der Waals surface area contributed by atoms with E-state index in [9.17, 15) is 8.42 Å². The van der Waals surface area contributed by atoms with Gasteiger partial charge in [-0.05, 0) is 45.2 Å². The molecular weight excluding hydrogens is 270 g/mol. The third kappa shape index (κ3) is 4.59. The molecule has 0 saturated carbocycles. The van der Waals surface area contributed by atoms with E-state index < -0.39 is 10.0 Å². The lowest BCUT2D eigenvalue weighted by Crippen LogP contribution is -2.25. The first kappa shape index (κ1) is 15.5. The standard InChI is InChI=1S/C13H20ClNO2S/c1-10-6-7-13(11(2)9-10)18(16,17)15-8-4-5-12(3)14/h6-7,9,12,15H,4-5,8H2,1-3H3. The molecule has 0 aromatic heterocycles. The number of hydrogen-bond acceptors (Lipinski definition) is 2. The first-order chi connectivity index (χ1) is 8.33. The van der Waals surface area contributed by atoms with E-state index >= 15 is 0 Å². The summed E-state index contributed by atoms with van der Waals surface area (Å²) in [6.07, 6.45) is 1.55. The highest BCUT2D eigenvalue weighted by Gasteiger charge is 2.15. The molecule has 1 aromatic rings. The van der Waals surface area contributed by atoms with Crippen LogP contribution >= 0.6 is 11.6 Å². The number of nitrogens with one attached hydrogen (secondary N) is 1. The van der Waals surface area contributed by atoms with Crippen LogP contribution in [0.25, 0.3) is 0 Å². The SMILES string of the molecule is Cc1ccc(S(=O)(=O)NCCCC(C)Cl)c(C)c1. The maximum absolute atomic E-state index is 12.1. The lowest BCUT2D eigenvalue weighted by molar-refractivity contribution is 0.575. The Morgan fingerprint density at radius 3 is 2.56 bits per heavy atom. The van der Waals surface area contributed by atoms with Gasteiger partial charge in [0.1, 0.15) is 0 Å². The second-order valence-electron chi connectivity index (χ2n) is 4.59. The molecule has 1 unspecified atom stereocenters. The lowest BCUT2D eigenvalue weighted by Gasteiger charge is -2.10. The topological polar surface area (TPSA) is 46.2 Å². The van der Waals surface area contributed by atoms with Crippen molar-refractivity contribution in [1.29, 1.82) is 0 Å². The number of hydrogen-bond donors (Lipinski definition) is 1. The molecule has 0 aliphatic rings. The Bertz CT molecular complexity index is 498. The molecule has 0 radical (unpaired) electrons. The summed E-state index contributed by atoms with van der Waals surface area (Å²) in [5, 5.41) is 0.0793. The molecule has 18 heavy (non-hydrogen) atoms. The van der Waals surface area contributed by atoms with Crippen LogP contribution in [0.2, 0.25) is 0 Å². The van der Waals surface area contributed by atoms with Crippen molar-refractivity contribution >= 4 is 21.6 Å². The van der Waals surface area contributed by atoms with Crippen LogP contribution in [0.15, 0.2) is 23.1 Å². The Morgan fingerprint density at radius 1 is 1.33 bits per heavy atom. The monoisotopic (exact) mass is 289 g/mol. The van der Waals surface area contributed by atoms with Gasteiger partial charge in [0, 0.05) is 11.9 Å². The molecular formula is C13H20ClNO2S. The summed E-state index contributed by atoms with van der Waals surface area (Å²) in [4.78, 5) is 0.354. The van der Waals surface area contributed by atoms with E-state index in [0.717, 1.165) is 24.0 Å². The molecule has 1 rings (SSSR count). The fraction of sp³-hybridized carbons (Fsp3) is 0.538. The van der Waals surface area contributed by atoms with Gasteiger partial charge in [0.2, 0.25) is 10.0 Å². The van der Waals surface area contributed by atoms with Crippen LogP contribution < -0.4 is 4.72 Å². The molecule has 0 aliphatic heterocycles. The molecule has 0 saturated heterocycles. The van der Waals surface area contributed by atoms with Crippen molar-refractivity contribution in [2.75, 3.05) is 6.54 Å². The van der Waals surface area contributed by atoms with Gasteiger partial charge in [0.05, 0.1) is 4.90 Å². The zero-order chi connectivity index (χ0) is 13.8. The quantitative estimate of drug-likeness (QED) is 0.646. The second-order valence-corrected chi connectivity index (χ2v) is 7.07. The molecule has 1 atom stereocenters. The summed E-state index contributed by atoms with van der Waals surface area (Å²) < 4.78 is 26.7. The fourth-order valence-electron chi connectivity index (χ4n) is 1.77. The first-order valence-corrected chi connectivity index (χ1v) is 7.96. The molecule has 0 fully saturated rings. The van der Waals surface area contributed by atoms with Crippen molar-refractivity contribution in [2.24, 2.45) is 0 Å². The maximum Gasteiger partial charge on any atom is 0.240 e. The largest absolute Gasteiger partial charge is 0.240 e. The van der Waals surface area contributed by atoms with Crippen molar-refractivity contribution in [2.45, 2.75) is 43.9 Å². The van der Waals surface area contributed by atoms with Gasteiger partial charge in [-0.25, -0.2) is 13.1 Å². The van der Waals surface area contributed by atoms with Crippen LogP contribution in [0.1, 0.15) is 30.9 Å². The molecule has 3 nitrogen and oxygen atoms in total. The third-order valence-electron chi connectivity index (χ3n) is 2.69. The minimum atomic E-state index is -3.40. The predicted octanol–water partition coefficient (Wildman–Crippen LogP) is 2.99. The minimum absolute atomic E-state index is 0.0793. The molecule has 1 N–H and O–H groups in total. The molecule has 1 aromatic carbocycles. The minimum Gasteiger partial charge on any atom is -0.211 e. The van der Waals surface area contributed by atoms with Crippen molar-refractivity contribution in [3.8, 4) is 0 Å². The van der Waals surface area contributed by atoms with Gasteiger partial charge in [0.25, 0.3) is 0 Å². The number of halogens is 1. The Kier molecular flexibility index (Phi) is 5.63. The number of sulfonamides is 1. The van der Waals surface area contributed by atoms with Crippen LogP contribution in [0.4, 0.5) is 0 Å². The van der Waals surface area contributed by atoms with Gasteiger partial charge in [-0.15, -0.1) is 11.6 Å². The van der Waals surface area contributed by atoms with Gasteiger partial charge in [-0.1, -0.05) is 17.7 Å². The van der Waals surface area contributed by atoms with Crippen LogP contribution in [0, 0.1) is 13.8 Å². The number of alkyl halides is 1. The number of benzene rings is 1. The molecule has 0 bridgehead atoms. The molecule has 0 aliphatic carbocycles. The van der Waals surface area contributed by atoms with E-state index in [0.29, 0.717) is 11.4 Å². The Balaban J connectivity index is 2.69. The highest BCUT2D eigenvalue weighted by molar-refractivity contribution is 7.89. The van der Waals surface area contributed by atoms with E-state index in [4.69, 9.17) is 11.6 Å². The summed E-state index contributed by atoms with van der Waals surface area (Å²) >= 11 is 5.81.